The first-order valence-corrected chi connectivity index (χ1v) is 10.7. The lowest BCUT2D eigenvalue weighted by Gasteiger charge is -2.19. The van der Waals surface area contributed by atoms with E-state index in [4.69, 9.17) is 11.6 Å². The number of halogens is 2. The van der Waals surface area contributed by atoms with Gasteiger partial charge < -0.3 is 21.9 Å². The monoisotopic (exact) mass is 478 g/mol. The zero-order valence-corrected chi connectivity index (χ0v) is 19.1. The van der Waals surface area contributed by atoms with Crippen LogP contribution in [-0.2, 0) is 6.54 Å². The van der Waals surface area contributed by atoms with Crippen LogP contribution in [0.1, 0.15) is 18.4 Å². The lowest BCUT2D eigenvalue weighted by atomic mass is 10.0. The quantitative estimate of drug-likeness (QED) is 0.408. The van der Waals surface area contributed by atoms with E-state index in [1.54, 1.807) is 0 Å². The Hall–Kier alpha value is -2.36. The average Bonchev–Trinajstić information content (AvgIpc) is 3.30. The summed E-state index contributed by atoms with van der Waals surface area (Å²) in [6, 6.07) is 27.9. The Bertz CT molecular complexity index is 1140. The van der Waals surface area contributed by atoms with E-state index in [9.17, 15) is 0 Å². The molecule has 1 saturated heterocycles. The second-order valence-corrected chi connectivity index (χ2v) is 8.18. The Morgan fingerprint density at radius 1 is 0.800 bits per heavy atom. The first kappa shape index (κ1) is 20.9. The number of aromatic nitrogens is 1. The highest BCUT2D eigenvalue weighted by atomic mass is 79.9. The molecule has 0 unspecified atom stereocenters. The minimum absolute atomic E-state index is 0. The van der Waals surface area contributed by atoms with Crippen molar-refractivity contribution in [2.45, 2.75) is 19.4 Å². The van der Waals surface area contributed by atoms with Crippen molar-refractivity contribution in [3.63, 3.8) is 0 Å². The van der Waals surface area contributed by atoms with E-state index in [0.29, 0.717) is 0 Å². The van der Waals surface area contributed by atoms with E-state index in [0.717, 1.165) is 24.7 Å². The number of hydrogen-bond donors (Lipinski definition) is 0. The maximum absolute atomic E-state index is 6.37. The fourth-order valence-electron chi connectivity index (χ4n) is 4.29. The van der Waals surface area contributed by atoms with Crippen LogP contribution in [0.15, 0.2) is 85.1 Å². The predicted molar refractivity (Wildman–Crippen MR) is 122 cm³/mol. The minimum atomic E-state index is 0. The van der Waals surface area contributed by atoms with Crippen LogP contribution in [0, 0.1) is 0 Å². The molecule has 0 amide bonds. The standard InChI is InChI=1S/C26H24ClN2.BrH/c27-23-12-13-24-25(28-15-4-5-16-28)14-17-29(26(24)18-23)19-20-8-10-22(11-9-20)21-6-2-1-3-7-21;/h1-3,6-14,17-18H,4-5,15-16,19H2;1H/q+1;/p-1. The van der Waals surface area contributed by atoms with E-state index >= 15 is 0 Å². The predicted octanol–water partition coefficient (Wildman–Crippen LogP) is 3.10. The van der Waals surface area contributed by atoms with Crippen molar-refractivity contribution in [3.8, 4) is 11.1 Å². The van der Waals surface area contributed by atoms with Crippen LogP contribution in [0.25, 0.3) is 22.0 Å². The van der Waals surface area contributed by atoms with E-state index in [-0.39, 0.29) is 17.0 Å². The third-order valence-electron chi connectivity index (χ3n) is 5.82. The maximum Gasteiger partial charge on any atom is 0.216 e. The average molecular weight is 480 g/mol. The van der Waals surface area contributed by atoms with E-state index < -0.39 is 0 Å². The van der Waals surface area contributed by atoms with Crippen molar-refractivity contribution < 1.29 is 21.5 Å². The number of anilines is 1. The van der Waals surface area contributed by atoms with E-state index in [1.165, 1.54) is 46.1 Å². The maximum atomic E-state index is 6.37. The Morgan fingerprint density at radius 3 is 2.23 bits per heavy atom. The van der Waals surface area contributed by atoms with Crippen LogP contribution in [0.5, 0.6) is 0 Å². The van der Waals surface area contributed by atoms with Crippen LogP contribution in [-0.4, -0.2) is 13.1 Å². The Balaban J connectivity index is 0.00000218. The van der Waals surface area contributed by atoms with E-state index in [1.807, 2.05) is 6.07 Å². The fourth-order valence-corrected chi connectivity index (χ4v) is 4.46. The second-order valence-electron chi connectivity index (χ2n) is 7.75. The molecule has 0 saturated carbocycles. The molecular formula is C26H24BrClN2. The Kier molecular flexibility index (Phi) is 6.40. The molecule has 5 rings (SSSR count). The molecule has 0 atom stereocenters. The van der Waals surface area contributed by atoms with Crippen LogP contribution >= 0.6 is 11.6 Å². The van der Waals surface area contributed by atoms with Crippen molar-refractivity contribution in [1.82, 2.24) is 0 Å². The number of nitrogens with zero attached hydrogens (tertiary/aromatic N) is 2. The van der Waals surface area contributed by atoms with Crippen LogP contribution in [0.3, 0.4) is 0 Å². The van der Waals surface area contributed by atoms with Crippen molar-refractivity contribution in [2.75, 3.05) is 18.0 Å². The summed E-state index contributed by atoms with van der Waals surface area (Å²) in [6.07, 6.45) is 4.76. The molecule has 152 valence electrons. The van der Waals surface area contributed by atoms with Gasteiger partial charge in [-0.3, -0.25) is 0 Å². The highest BCUT2D eigenvalue weighted by Gasteiger charge is 2.20. The third-order valence-corrected chi connectivity index (χ3v) is 6.05. The SMILES string of the molecule is Clc1ccc2c(N3CCCC3)cc[n+](Cc3ccc(-c4ccccc4)cc3)c2c1.[Br-]. The Labute approximate surface area is 193 Å². The minimum Gasteiger partial charge on any atom is -1.00 e. The molecule has 1 aliphatic rings. The van der Waals surface area contributed by atoms with Gasteiger partial charge in [0.15, 0.2) is 12.7 Å². The van der Waals surface area contributed by atoms with Gasteiger partial charge in [0, 0.05) is 35.8 Å². The summed E-state index contributed by atoms with van der Waals surface area (Å²) in [5.74, 6) is 0. The molecule has 2 nitrogen and oxygen atoms in total. The van der Waals surface area contributed by atoms with Gasteiger partial charge in [-0.25, -0.2) is 0 Å². The van der Waals surface area contributed by atoms with Crippen LogP contribution < -0.4 is 26.4 Å². The molecule has 1 fully saturated rings. The molecule has 0 radical (unpaired) electrons. The van der Waals surface area contributed by atoms with Crippen LogP contribution in [0.4, 0.5) is 5.69 Å². The molecule has 0 bridgehead atoms. The number of benzene rings is 3. The van der Waals surface area contributed by atoms with Crippen molar-refractivity contribution in [3.05, 3.63) is 95.6 Å². The normalized spacial score (nSPS) is 13.4. The lowest BCUT2D eigenvalue weighted by molar-refractivity contribution is -0.662. The van der Waals surface area contributed by atoms with E-state index in [2.05, 4.69) is 88.5 Å². The van der Waals surface area contributed by atoms with Gasteiger partial charge in [0.2, 0.25) is 5.52 Å². The first-order valence-electron chi connectivity index (χ1n) is 10.3. The van der Waals surface area contributed by atoms with Gasteiger partial charge in [-0.1, -0.05) is 66.2 Å². The molecule has 2 heterocycles. The molecule has 0 spiro atoms. The topological polar surface area (TPSA) is 7.12 Å². The van der Waals surface area contributed by atoms with Crippen molar-refractivity contribution in [2.24, 2.45) is 0 Å². The fraction of sp³-hybridized carbons (Fsp3) is 0.192. The third kappa shape index (κ3) is 4.23. The number of rotatable bonds is 4. The number of pyridine rings is 1. The summed E-state index contributed by atoms with van der Waals surface area (Å²) in [4.78, 5) is 2.50. The number of fused-ring (bicyclic) bond motifs is 1. The first-order chi connectivity index (χ1) is 14.3. The zero-order chi connectivity index (χ0) is 19.6. The zero-order valence-electron chi connectivity index (χ0n) is 16.8. The van der Waals surface area contributed by atoms with Gasteiger partial charge in [0.1, 0.15) is 0 Å². The summed E-state index contributed by atoms with van der Waals surface area (Å²) in [6.45, 7) is 3.11. The summed E-state index contributed by atoms with van der Waals surface area (Å²) in [7, 11) is 0. The van der Waals surface area contributed by atoms with Gasteiger partial charge in [-0.2, -0.15) is 4.57 Å². The molecule has 0 aliphatic carbocycles. The highest BCUT2D eigenvalue weighted by molar-refractivity contribution is 6.31. The van der Waals surface area contributed by atoms with Crippen LogP contribution in [0.2, 0.25) is 5.02 Å². The smallest absolute Gasteiger partial charge is 0.216 e. The molecule has 4 aromatic rings. The van der Waals surface area contributed by atoms with Gasteiger partial charge in [0.05, 0.1) is 11.1 Å². The highest BCUT2D eigenvalue weighted by Crippen LogP contribution is 2.29. The summed E-state index contributed by atoms with van der Waals surface area (Å²) in [5, 5.41) is 2.06. The molecule has 3 aromatic carbocycles. The molecule has 1 aliphatic heterocycles. The number of hydrogen-bond acceptors (Lipinski definition) is 1. The Morgan fingerprint density at radius 2 is 1.50 bits per heavy atom. The van der Waals surface area contributed by atoms with Gasteiger partial charge in [0.25, 0.3) is 0 Å². The summed E-state index contributed by atoms with van der Waals surface area (Å²) >= 11 is 6.37. The molecular weight excluding hydrogens is 456 g/mol. The van der Waals surface area contributed by atoms with Gasteiger partial charge in [-0.05, 0) is 36.1 Å². The molecule has 1 aromatic heterocycles. The molecule has 30 heavy (non-hydrogen) atoms. The summed E-state index contributed by atoms with van der Waals surface area (Å²) < 4.78 is 2.30. The van der Waals surface area contributed by atoms with Gasteiger partial charge in [-0.15, -0.1) is 0 Å². The molecule has 4 heteroatoms. The lowest BCUT2D eigenvalue weighted by Crippen LogP contribution is -3.00. The second kappa shape index (κ2) is 9.20. The van der Waals surface area contributed by atoms with Crippen molar-refractivity contribution >= 4 is 28.2 Å². The van der Waals surface area contributed by atoms with Crippen molar-refractivity contribution in [1.29, 1.82) is 0 Å². The largest absolute Gasteiger partial charge is 1.00 e. The van der Waals surface area contributed by atoms with Gasteiger partial charge >= 0.3 is 0 Å². The molecule has 0 N–H and O–H groups in total. The summed E-state index contributed by atoms with van der Waals surface area (Å²) in [5.41, 5.74) is 6.29.